The highest BCUT2D eigenvalue weighted by molar-refractivity contribution is 6.30. The first-order valence-corrected chi connectivity index (χ1v) is 6.47. The summed E-state index contributed by atoms with van der Waals surface area (Å²) in [6, 6.07) is 3.03. The average molecular weight is 314 g/mol. The van der Waals surface area contributed by atoms with Crippen molar-refractivity contribution in [3.05, 3.63) is 29.0 Å². The number of benzene rings is 1. The molecule has 0 unspecified atom stereocenters. The van der Waals surface area contributed by atoms with Crippen LogP contribution in [-0.4, -0.2) is 34.8 Å². The maximum Gasteiger partial charge on any atom is 0.325 e. The molecule has 8 heteroatoms. The van der Waals surface area contributed by atoms with Gasteiger partial charge < -0.3 is 10.6 Å². The zero-order valence-corrected chi connectivity index (χ0v) is 12.1. The molecule has 2 rings (SSSR count). The molecule has 0 saturated carbocycles. The van der Waals surface area contributed by atoms with Crippen molar-refractivity contribution in [1.82, 2.24) is 10.2 Å². The summed E-state index contributed by atoms with van der Waals surface area (Å²) in [5.74, 6) is -1.88. The highest BCUT2D eigenvalue weighted by Gasteiger charge is 2.44. The maximum absolute atomic E-state index is 13.5. The number of hydrogen-bond acceptors (Lipinski definition) is 3. The van der Waals surface area contributed by atoms with Crippen LogP contribution in [0.15, 0.2) is 18.2 Å². The van der Waals surface area contributed by atoms with Gasteiger partial charge in [0.2, 0.25) is 5.91 Å². The maximum atomic E-state index is 13.5. The van der Waals surface area contributed by atoms with Gasteiger partial charge in [0.15, 0.2) is 0 Å². The Bertz CT molecular complexity index is 633. The van der Waals surface area contributed by atoms with Gasteiger partial charge in [0.1, 0.15) is 17.9 Å². The molecule has 21 heavy (non-hydrogen) atoms. The summed E-state index contributed by atoms with van der Waals surface area (Å²) >= 11 is 5.71. The van der Waals surface area contributed by atoms with Crippen LogP contribution in [0.1, 0.15) is 13.8 Å². The lowest BCUT2D eigenvalue weighted by Crippen LogP contribution is -2.41. The lowest BCUT2D eigenvalue weighted by atomic mass is 10.1. The first-order valence-electron chi connectivity index (χ1n) is 6.10. The monoisotopic (exact) mass is 313 g/mol. The number of anilines is 1. The zero-order chi connectivity index (χ0) is 15.8. The summed E-state index contributed by atoms with van der Waals surface area (Å²) in [5, 5.41) is 4.97. The molecule has 0 atom stereocenters. The van der Waals surface area contributed by atoms with E-state index in [1.807, 2.05) is 0 Å². The van der Waals surface area contributed by atoms with E-state index in [2.05, 4.69) is 10.6 Å². The van der Waals surface area contributed by atoms with Crippen molar-refractivity contribution < 1.29 is 18.8 Å². The Labute approximate surface area is 125 Å². The summed E-state index contributed by atoms with van der Waals surface area (Å²) in [6.45, 7) is 2.56. The van der Waals surface area contributed by atoms with E-state index in [-0.39, 0.29) is 10.7 Å². The number of carbonyl (C=O) groups excluding carboxylic acids is 3. The van der Waals surface area contributed by atoms with Crippen LogP contribution in [0.5, 0.6) is 0 Å². The Morgan fingerprint density at radius 3 is 2.67 bits per heavy atom. The molecule has 0 spiro atoms. The van der Waals surface area contributed by atoms with Gasteiger partial charge in [-0.1, -0.05) is 11.6 Å². The van der Waals surface area contributed by atoms with Crippen LogP contribution in [0.2, 0.25) is 5.02 Å². The van der Waals surface area contributed by atoms with Crippen LogP contribution in [0.25, 0.3) is 0 Å². The third kappa shape index (κ3) is 3.13. The van der Waals surface area contributed by atoms with Crippen molar-refractivity contribution in [2.24, 2.45) is 0 Å². The number of nitrogens with one attached hydrogen (secondary N) is 2. The number of nitrogens with zero attached hydrogens (tertiary/aromatic N) is 1. The van der Waals surface area contributed by atoms with E-state index in [0.29, 0.717) is 0 Å². The summed E-state index contributed by atoms with van der Waals surface area (Å²) in [4.78, 5) is 36.2. The predicted molar refractivity (Wildman–Crippen MR) is 74.4 cm³/mol. The summed E-state index contributed by atoms with van der Waals surface area (Å²) in [5.41, 5.74) is -1.17. The Morgan fingerprint density at radius 2 is 2.10 bits per heavy atom. The molecular formula is C13H13ClFN3O3. The molecule has 0 aliphatic carbocycles. The second-order valence-corrected chi connectivity index (χ2v) is 5.56. The van der Waals surface area contributed by atoms with E-state index in [9.17, 15) is 18.8 Å². The van der Waals surface area contributed by atoms with Crippen LogP contribution in [-0.2, 0) is 9.59 Å². The van der Waals surface area contributed by atoms with E-state index >= 15 is 0 Å². The van der Waals surface area contributed by atoms with Crippen LogP contribution in [0.4, 0.5) is 14.9 Å². The number of hydrogen-bond donors (Lipinski definition) is 2. The second kappa shape index (κ2) is 5.33. The second-order valence-electron chi connectivity index (χ2n) is 5.12. The van der Waals surface area contributed by atoms with Gasteiger partial charge in [-0.3, -0.25) is 14.5 Å². The van der Waals surface area contributed by atoms with Crippen molar-refractivity contribution >= 4 is 35.1 Å². The SMILES string of the molecule is CC1(C)NC(=O)N(CC(=O)Nc2cc(Cl)ccc2F)C1=O. The van der Waals surface area contributed by atoms with Gasteiger partial charge in [-0.2, -0.15) is 0 Å². The summed E-state index contributed by atoms with van der Waals surface area (Å²) in [6.07, 6.45) is 0. The fraction of sp³-hybridized carbons (Fsp3) is 0.308. The molecule has 1 heterocycles. The molecule has 6 nitrogen and oxygen atoms in total. The Hall–Kier alpha value is -2.15. The number of amides is 4. The third-order valence-electron chi connectivity index (χ3n) is 2.95. The lowest BCUT2D eigenvalue weighted by molar-refractivity contribution is -0.132. The topological polar surface area (TPSA) is 78.5 Å². The fourth-order valence-electron chi connectivity index (χ4n) is 1.89. The molecule has 1 fully saturated rings. The molecule has 1 aliphatic rings. The van der Waals surface area contributed by atoms with Gasteiger partial charge in [0, 0.05) is 5.02 Å². The van der Waals surface area contributed by atoms with Crippen molar-refractivity contribution in [1.29, 1.82) is 0 Å². The van der Waals surface area contributed by atoms with Crippen molar-refractivity contribution in [3.63, 3.8) is 0 Å². The smallest absolute Gasteiger partial charge is 0.324 e. The molecule has 0 bridgehead atoms. The molecule has 2 N–H and O–H groups in total. The van der Waals surface area contributed by atoms with Crippen molar-refractivity contribution in [2.45, 2.75) is 19.4 Å². The molecular weight excluding hydrogens is 301 g/mol. The first-order chi connectivity index (χ1) is 9.70. The minimum Gasteiger partial charge on any atom is -0.324 e. The highest BCUT2D eigenvalue weighted by Crippen LogP contribution is 2.20. The molecule has 1 saturated heterocycles. The molecule has 112 valence electrons. The Morgan fingerprint density at radius 1 is 1.43 bits per heavy atom. The molecule has 0 radical (unpaired) electrons. The van der Waals surface area contributed by atoms with Crippen LogP contribution >= 0.6 is 11.6 Å². The largest absolute Gasteiger partial charge is 0.325 e. The quantitative estimate of drug-likeness (QED) is 0.834. The summed E-state index contributed by atoms with van der Waals surface area (Å²) in [7, 11) is 0. The highest BCUT2D eigenvalue weighted by atomic mass is 35.5. The zero-order valence-electron chi connectivity index (χ0n) is 11.4. The molecule has 1 aliphatic heterocycles. The third-order valence-corrected chi connectivity index (χ3v) is 3.18. The van der Waals surface area contributed by atoms with Crippen LogP contribution in [0, 0.1) is 5.82 Å². The Balaban J connectivity index is 2.07. The van der Waals surface area contributed by atoms with Gasteiger partial charge in [0.05, 0.1) is 5.69 Å². The predicted octanol–water partition coefficient (Wildman–Crippen LogP) is 1.75. The number of halogens is 2. The van der Waals surface area contributed by atoms with Gasteiger partial charge in [-0.05, 0) is 32.0 Å². The number of imide groups is 1. The lowest BCUT2D eigenvalue weighted by Gasteiger charge is -2.15. The van der Waals surface area contributed by atoms with E-state index in [1.54, 1.807) is 0 Å². The molecule has 1 aromatic rings. The van der Waals surface area contributed by atoms with Gasteiger partial charge >= 0.3 is 6.03 Å². The summed E-state index contributed by atoms with van der Waals surface area (Å²) < 4.78 is 13.5. The van der Waals surface area contributed by atoms with Crippen LogP contribution < -0.4 is 10.6 Å². The standard InChI is InChI=1S/C13H13ClFN3O3/c1-13(2)11(20)18(12(21)17-13)6-10(19)16-9-5-7(14)3-4-8(9)15/h3-5H,6H2,1-2H3,(H,16,19)(H,17,21). The average Bonchev–Trinajstić information content (AvgIpc) is 2.56. The molecule has 4 amide bonds. The van der Waals surface area contributed by atoms with E-state index in [0.717, 1.165) is 11.0 Å². The van der Waals surface area contributed by atoms with E-state index < -0.39 is 35.7 Å². The normalized spacial score (nSPS) is 16.9. The van der Waals surface area contributed by atoms with Gasteiger partial charge in [-0.15, -0.1) is 0 Å². The van der Waals surface area contributed by atoms with Gasteiger partial charge in [0.25, 0.3) is 5.91 Å². The first kappa shape index (κ1) is 15.2. The molecule has 0 aromatic heterocycles. The number of urea groups is 1. The fourth-order valence-corrected chi connectivity index (χ4v) is 2.06. The Kier molecular flexibility index (Phi) is 3.87. The van der Waals surface area contributed by atoms with Crippen molar-refractivity contribution in [3.8, 4) is 0 Å². The minimum absolute atomic E-state index is 0.112. The number of rotatable bonds is 3. The van der Waals surface area contributed by atoms with E-state index in [1.165, 1.54) is 26.0 Å². The van der Waals surface area contributed by atoms with Gasteiger partial charge in [-0.25, -0.2) is 9.18 Å². The van der Waals surface area contributed by atoms with E-state index in [4.69, 9.17) is 11.6 Å². The molecule has 1 aromatic carbocycles. The number of carbonyl (C=O) groups is 3. The van der Waals surface area contributed by atoms with Crippen molar-refractivity contribution in [2.75, 3.05) is 11.9 Å². The van der Waals surface area contributed by atoms with Crippen LogP contribution in [0.3, 0.4) is 0 Å². The minimum atomic E-state index is -1.06.